The monoisotopic (exact) mass is 359 g/mol. The minimum Gasteiger partial charge on any atom is -0.479 e. The Balaban J connectivity index is 1.73. The van der Waals surface area contributed by atoms with Gasteiger partial charge in [0.05, 0.1) is 6.42 Å². The predicted octanol–water partition coefficient (Wildman–Crippen LogP) is 0.228. The lowest BCUT2D eigenvalue weighted by atomic mass is 9.87. The first-order valence-electron chi connectivity index (χ1n) is 8.41. The largest absolute Gasteiger partial charge is 0.479 e. The van der Waals surface area contributed by atoms with Crippen molar-refractivity contribution in [2.45, 2.75) is 38.6 Å². The maximum absolute atomic E-state index is 12.6. The first kappa shape index (κ1) is 17.8. The van der Waals surface area contributed by atoms with E-state index in [1.807, 2.05) is 0 Å². The predicted molar refractivity (Wildman–Crippen MR) is 91.7 cm³/mol. The zero-order valence-corrected chi connectivity index (χ0v) is 14.7. The van der Waals surface area contributed by atoms with Crippen molar-refractivity contribution in [3.63, 3.8) is 0 Å². The highest BCUT2D eigenvalue weighted by molar-refractivity contribution is 5.80. The van der Waals surface area contributed by atoms with Gasteiger partial charge in [0.2, 0.25) is 5.91 Å². The number of hydrogen-bond acceptors (Lipinski definition) is 5. The fourth-order valence-corrected chi connectivity index (χ4v) is 3.41. The van der Waals surface area contributed by atoms with Gasteiger partial charge < -0.3 is 15.0 Å². The number of carboxylic acid groups (broad SMARTS) is 1. The fourth-order valence-electron chi connectivity index (χ4n) is 3.41. The van der Waals surface area contributed by atoms with E-state index in [2.05, 4.69) is 15.1 Å². The number of rotatable bonds is 4. The Morgan fingerprint density at radius 3 is 2.54 bits per heavy atom. The van der Waals surface area contributed by atoms with Crippen LogP contribution in [0.4, 0.5) is 0 Å². The van der Waals surface area contributed by atoms with Crippen LogP contribution in [-0.2, 0) is 21.5 Å². The molecule has 1 saturated heterocycles. The molecule has 0 unspecified atom stereocenters. The van der Waals surface area contributed by atoms with Crippen molar-refractivity contribution in [2.75, 3.05) is 13.1 Å². The molecule has 9 nitrogen and oxygen atoms in total. The Bertz CT molecular complexity index is 879. The summed E-state index contributed by atoms with van der Waals surface area (Å²) in [7, 11) is 0. The normalized spacial score (nSPS) is 16.5. The Hall–Kier alpha value is -2.97. The van der Waals surface area contributed by atoms with Crippen molar-refractivity contribution >= 4 is 11.9 Å². The number of carboxylic acids is 1. The molecule has 3 heterocycles. The number of carbonyl (C=O) groups is 2. The number of nitrogens with one attached hydrogen (secondary N) is 1. The van der Waals surface area contributed by atoms with Crippen LogP contribution in [0, 0.1) is 13.8 Å². The number of nitrogens with zero attached hydrogens (tertiary/aromatic N) is 4. The van der Waals surface area contributed by atoms with E-state index in [9.17, 15) is 19.5 Å². The van der Waals surface area contributed by atoms with Gasteiger partial charge in [-0.1, -0.05) is 0 Å². The molecule has 0 atom stereocenters. The molecule has 0 saturated carbocycles. The molecule has 2 N–H and O–H groups in total. The zero-order valence-electron chi connectivity index (χ0n) is 14.7. The van der Waals surface area contributed by atoms with Crippen LogP contribution in [-0.4, -0.2) is 54.7 Å². The summed E-state index contributed by atoms with van der Waals surface area (Å²) < 4.78 is 1.45. The molecule has 3 rings (SSSR count). The van der Waals surface area contributed by atoms with E-state index in [0.717, 1.165) is 0 Å². The van der Waals surface area contributed by atoms with Crippen molar-refractivity contribution in [1.82, 2.24) is 24.6 Å². The van der Waals surface area contributed by atoms with E-state index < -0.39 is 11.5 Å². The van der Waals surface area contributed by atoms with Crippen LogP contribution in [0.3, 0.4) is 0 Å². The van der Waals surface area contributed by atoms with E-state index >= 15 is 0 Å². The number of aliphatic carboxylic acids is 1. The minimum absolute atomic E-state index is 0.0453. The van der Waals surface area contributed by atoms with Crippen LogP contribution in [0.1, 0.15) is 29.9 Å². The van der Waals surface area contributed by atoms with E-state index in [0.29, 0.717) is 30.2 Å². The van der Waals surface area contributed by atoms with Gasteiger partial charge >= 0.3 is 5.97 Å². The third kappa shape index (κ3) is 3.12. The molecule has 0 bridgehead atoms. The van der Waals surface area contributed by atoms with E-state index in [1.165, 1.54) is 4.68 Å². The molecule has 26 heavy (non-hydrogen) atoms. The maximum Gasteiger partial charge on any atom is 0.331 e. The lowest BCUT2D eigenvalue weighted by molar-refractivity contribution is -0.153. The molecule has 0 aliphatic carbocycles. The molecule has 2 aromatic rings. The number of aromatic nitrogens is 4. The van der Waals surface area contributed by atoms with Gasteiger partial charge in [0.15, 0.2) is 5.54 Å². The third-order valence-electron chi connectivity index (χ3n) is 4.95. The van der Waals surface area contributed by atoms with E-state index in [-0.39, 0.29) is 30.7 Å². The van der Waals surface area contributed by atoms with Gasteiger partial charge in [0.1, 0.15) is 5.82 Å². The molecule has 1 fully saturated rings. The van der Waals surface area contributed by atoms with Crippen LogP contribution in [0.5, 0.6) is 0 Å². The van der Waals surface area contributed by atoms with Crippen molar-refractivity contribution < 1.29 is 14.7 Å². The topological polar surface area (TPSA) is 121 Å². The zero-order chi connectivity index (χ0) is 18.9. The minimum atomic E-state index is -1.14. The fraction of sp³-hybridized carbons (Fsp3) is 0.471. The number of amides is 1. The molecule has 2 aromatic heterocycles. The lowest BCUT2D eigenvalue weighted by Gasteiger charge is -2.39. The molecule has 0 radical (unpaired) electrons. The summed E-state index contributed by atoms with van der Waals surface area (Å²) in [5.74, 6) is -0.654. The average Bonchev–Trinajstić information content (AvgIpc) is 3.12. The quantitative estimate of drug-likeness (QED) is 0.806. The summed E-state index contributed by atoms with van der Waals surface area (Å²) in [5, 5.41) is 13.8. The van der Waals surface area contributed by atoms with Gasteiger partial charge in [0.25, 0.3) is 5.56 Å². The third-order valence-corrected chi connectivity index (χ3v) is 4.95. The Labute approximate surface area is 149 Å². The van der Waals surface area contributed by atoms with Gasteiger partial charge in [-0.3, -0.25) is 14.3 Å². The Morgan fingerprint density at radius 2 is 2.00 bits per heavy atom. The smallest absolute Gasteiger partial charge is 0.331 e. The lowest BCUT2D eigenvalue weighted by Crippen LogP contribution is -2.53. The Kier molecular flexibility index (Phi) is 4.62. The van der Waals surface area contributed by atoms with Gasteiger partial charge in [-0.05, 0) is 19.9 Å². The average molecular weight is 359 g/mol. The summed E-state index contributed by atoms with van der Waals surface area (Å²) in [4.78, 5) is 44.9. The van der Waals surface area contributed by atoms with Crippen LogP contribution < -0.4 is 5.56 Å². The van der Waals surface area contributed by atoms with Crippen molar-refractivity contribution in [1.29, 1.82) is 0 Å². The number of hydrogen-bond donors (Lipinski definition) is 2. The summed E-state index contributed by atoms with van der Waals surface area (Å²) in [6.45, 7) is 3.97. The molecule has 138 valence electrons. The molecule has 9 heteroatoms. The van der Waals surface area contributed by atoms with Crippen molar-refractivity contribution in [3.8, 4) is 0 Å². The van der Waals surface area contributed by atoms with Gasteiger partial charge in [-0.15, -0.1) is 0 Å². The summed E-state index contributed by atoms with van der Waals surface area (Å²) in [6.07, 6.45) is 3.65. The SMILES string of the molecule is Cc1nc(C)c(CC(=O)N2CCC(C(=O)O)(n3cccn3)CC2)c(=O)[nH]1. The highest BCUT2D eigenvalue weighted by Crippen LogP contribution is 2.30. The number of likely N-dealkylation sites (tertiary alicyclic amines) is 1. The van der Waals surface area contributed by atoms with Gasteiger partial charge in [-0.2, -0.15) is 5.10 Å². The molecule has 0 spiro atoms. The number of aromatic amines is 1. The molecule has 1 aliphatic rings. The second-order valence-electron chi connectivity index (χ2n) is 6.56. The molecular formula is C17H21N5O4. The molecule has 0 aromatic carbocycles. The van der Waals surface area contributed by atoms with Gasteiger partial charge in [0, 0.05) is 49.6 Å². The van der Waals surface area contributed by atoms with Crippen LogP contribution in [0.15, 0.2) is 23.3 Å². The maximum atomic E-state index is 12.6. The second kappa shape index (κ2) is 6.74. The first-order valence-corrected chi connectivity index (χ1v) is 8.41. The van der Waals surface area contributed by atoms with Crippen molar-refractivity contribution in [2.24, 2.45) is 0 Å². The summed E-state index contributed by atoms with van der Waals surface area (Å²) in [6, 6.07) is 1.68. The Morgan fingerprint density at radius 1 is 1.31 bits per heavy atom. The highest BCUT2D eigenvalue weighted by atomic mass is 16.4. The van der Waals surface area contributed by atoms with Crippen LogP contribution in [0.25, 0.3) is 0 Å². The first-order chi connectivity index (χ1) is 12.3. The van der Waals surface area contributed by atoms with Gasteiger partial charge in [-0.25, -0.2) is 9.78 Å². The molecule has 1 aliphatic heterocycles. The summed E-state index contributed by atoms with van der Waals surface area (Å²) >= 11 is 0. The van der Waals surface area contributed by atoms with E-state index in [1.54, 1.807) is 37.2 Å². The number of H-pyrrole nitrogens is 1. The van der Waals surface area contributed by atoms with Crippen LogP contribution >= 0.6 is 0 Å². The standard InChI is InChI=1S/C17H21N5O4/c1-11-13(15(24)20-12(2)19-11)10-14(23)21-8-4-17(5-9-21,16(25)26)22-7-3-6-18-22/h3,6-7H,4-5,8-10H2,1-2H3,(H,25,26)(H,19,20,24). The highest BCUT2D eigenvalue weighted by Gasteiger charge is 2.44. The molecular weight excluding hydrogens is 338 g/mol. The summed E-state index contributed by atoms with van der Waals surface area (Å²) in [5.41, 5.74) is -0.563. The number of aryl methyl sites for hydroxylation is 2. The molecule has 1 amide bonds. The van der Waals surface area contributed by atoms with Crippen molar-refractivity contribution in [3.05, 3.63) is 45.9 Å². The van der Waals surface area contributed by atoms with E-state index in [4.69, 9.17) is 0 Å². The number of carbonyl (C=O) groups excluding carboxylic acids is 1. The number of piperidine rings is 1. The second-order valence-corrected chi connectivity index (χ2v) is 6.56. The van der Waals surface area contributed by atoms with Crippen LogP contribution in [0.2, 0.25) is 0 Å².